The highest BCUT2D eigenvalue weighted by atomic mass is 19.4. The summed E-state index contributed by atoms with van der Waals surface area (Å²) in [6.45, 7) is 1.53. The Labute approximate surface area is 90.9 Å². The van der Waals surface area contributed by atoms with Crippen LogP contribution in [0.4, 0.5) is 13.2 Å². The third kappa shape index (κ3) is 1.61. The topological polar surface area (TPSA) is 38.0 Å². The standard InChI is InChI=1S/C10H13F3N2O/c1-6(16)9(3-4-9)7-5-15(2)14-8(7)10(11,12)13/h5-6,16H,3-4H2,1-2H3. The molecule has 6 heteroatoms. The molecule has 1 unspecified atom stereocenters. The summed E-state index contributed by atoms with van der Waals surface area (Å²) in [4.78, 5) is 0. The lowest BCUT2D eigenvalue weighted by Crippen LogP contribution is -2.25. The molecule has 1 heterocycles. The van der Waals surface area contributed by atoms with E-state index in [-0.39, 0.29) is 5.56 Å². The van der Waals surface area contributed by atoms with Crippen molar-refractivity contribution in [2.24, 2.45) is 7.05 Å². The number of aliphatic hydroxyl groups excluding tert-OH is 1. The van der Waals surface area contributed by atoms with E-state index in [9.17, 15) is 18.3 Å². The highest BCUT2D eigenvalue weighted by molar-refractivity contribution is 5.36. The molecule has 0 radical (unpaired) electrons. The van der Waals surface area contributed by atoms with Gasteiger partial charge in [0.1, 0.15) is 0 Å². The zero-order chi connectivity index (χ0) is 12.1. The molecule has 1 aliphatic rings. The summed E-state index contributed by atoms with van der Waals surface area (Å²) in [6.07, 6.45) is -2.71. The van der Waals surface area contributed by atoms with E-state index < -0.39 is 23.4 Å². The zero-order valence-corrected chi connectivity index (χ0v) is 9.04. The normalized spacial score (nSPS) is 20.9. The van der Waals surface area contributed by atoms with E-state index in [0.29, 0.717) is 12.8 Å². The van der Waals surface area contributed by atoms with Crippen LogP contribution in [0.15, 0.2) is 6.20 Å². The van der Waals surface area contributed by atoms with E-state index in [4.69, 9.17) is 0 Å². The van der Waals surface area contributed by atoms with Gasteiger partial charge in [0.05, 0.1) is 6.10 Å². The third-order valence-corrected chi connectivity index (χ3v) is 3.22. The van der Waals surface area contributed by atoms with Crippen molar-refractivity contribution in [2.45, 2.75) is 37.5 Å². The number of aliphatic hydroxyl groups is 1. The summed E-state index contributed by atoms with van der Waals surface area (Å²) < 4.78 is 39.3. The van der Waals surface area contributed by atoms with E-state index in [1.54, 1.807) is 0 Å². The number of nitrogens with zero attached hydrogens (tertiary/aromatic N) is 2. The zero-order valence-electron chi connectivity index (χ0n) is 9.04. The molecule has 0 amide bonds. The minimum atomic E-state index is -4.46. The molecule has 2 rings (SSSR count). The summed E-state index contributed by atoms with van der Waals surface area (Å²) in [5.41, 5.74) is -1.48. The lowest BCUT2D eigenvalue weighted by atomic mass is 9.91. The van der Waals surface area contributed by atoms with Gasteiger partial charge in [-0.25, -0.2) is 0 Å². The quantitative estimate of drug-likeness (QED) is 0.848. The molecule has 1 aromatic rings. The summed E-state index contributed by atoms with van der Waals surface area (Å²) in [6, 6.07) is 0. The average molecular weight is 234 g/mol. The summed E-state index contributed by atoms with van der Waals surface area (Å²) in [5, 5.41) is 13.0. The van der Waals surface area contributed by atoms with Crippen LogP contribution < -0.4 is 0 Å². The molecule has 0 saturated heterocycles. The number of hydrogen-bond donors (Lipinski definition) is 1. The number of hydrogen-bond acceptors (Lipinski definition) is 2. The van der Waals surface area contributed by atoms with E-state index in [1.165, 1.54) is 20.2 Å². The predicted molar refractivity (Wildman–Crippen MR) is 50.8 cm³/mol. The third-order valence-electron chi connectivity index (χ3n) is 3.22. The molecule has 0 bridgehead atoms. The molecule has 90 valence electrons. The molecule has 1 fully saturated rings. The van der Waals surface area contributed by atoms with E-state index in [2.05, 4.69) is 5.10 Å². The number of halogens is 3. The number of aryl methyl sites for hydroxylation is 1. The highest BCUT2D eigenvalue weighted by Gasteiger charge is 2.54. The molecule has 1 aliphatic carbocycles. The molecular weight excluding hydrogens is 221 g/mol. The predicted octanol–water partition coefficient (Wildman–Crippen LogP) is 1.85. The van der Waals surface area contributed by atoms with Crippen LogP contribution in [-0.2, 0) is 18.6 Å². The van der Waals surface area contributed by atoms with Crippen molar-refractivity contribution >= 4 is 0 Å². The largest absolute Gasteiger partial charge is 0.435 e. The van der Waals surface area contributed by atoms with Crippen molar-refractivity contribution in [3.05, 3.63) is 17.5 Å². The number of alkyl halides is 3. The van der Waals surface area contributed by atoms with Crippen LogP contribution >= 0.6 is 0 Å². The highest BCUT2D eigenvalue weighted by Crippen LogP contribution is 2.53. The maximum atomic E-state index is 12.7. The van der Waals surface area contributed by atoms with Crippen LogP contribution in [0.5, 0.6) is 0 Å². The molecule has 1 N–H and O–H groups in total. The lowest BCUT2D eigenvalue weighted by molar-refractivity contribution is -0.142. The fourth-order valence-electron chi connectivity index (χ4n) is 2.11. The monoisotopic (exact) mass is 234 g/mol. The smallest absolute Gasteiger partial charge is 0.392 e. The fraction of sp³-hybridized carbons (Fsp3) is 0.700. The Balaban J connectivity index is 2.50. The molecular formula is C10H13F3N2O. The summed E-state index contributed by atoms with van der Waals surface area (Å²) in [5.74, 6) is 0. The van der Waals surface area contributed by atoms with Crippen LogP contribution in [0.1, 0.15) is 31.0 Å². The van der Waals surface area contributed by atoms with Gasteiger partial charge >= 0.3 is 6.18 Å². The van der Waals surface area contributed by atoms with E-state index in [1.807, 2.05) is 0 Å². The van der Waals surface area contributed by atoms with E-state index in [0.717, 1.165) is 4.68 Å². The molecule has 0 aromatic carbocycles. The summed E-state index contributed by atoms with van der Waals surface area (Å²) in [7, 11) is 1.46. The second-order valence-corrected chi connectivity index (χ2v) is 4.39. The maximum absolute atomic E-state index is 12.7. The van der Waals surface area contributed by atoms with Gasteiger partial charge in [-0.15, -0.1) is 0 Å². The van der Waals surface area contributed by atoms with Crippen molar-refractivity contribution in [2.75, 3.05) is 0 Å². The Morgan fingerprint density at radius 3 is 2.44 bits per heavy atom. The first-order valence-corrected chi connectivity index (χ1v) is 5.07. The number of aromatic nitrogens is 2. The van der Waals surface area contributed by atoms with Crippen LogP contribution in [0.25, 0.3) is 0 Å². The Morgan fingerprint density at radius 1 is 1.50 bits per heavy atom. The maximum Gasteiger partial charge on any atom is 0.435 e. The van der Waals surface area contributed by atoms with Crippen LogP contribution in [0.2, 0.25) is 0 Å². The van der Waals surface area contributed by atoms with Crippen LogP contribution in [-0.4, -0.2) is 21.0 Å². The van der Waals surface area contributed by atoms with Crippen molar-refractivity contribution in [1.82, 2.24) is 9.78 Å². The molecule has 0 aliphatic heterocycles. The van der Waals surface area contributed by atoms with Gasteiger partial charge in [0.2, 0.25) is 0 Å². The SMILES string of the molecule is CC(O)C1(c2cn(C)nc2C(F)(F)F)CC1. The minimum Gasteiger partial charge on any atom is -0.392 e. The Morgan fingerprint density at radius 2 is 2.06 bits per heavy atom. The minimum absolute atomic E-state index is 0.123. The first-order valence-electron chi connectivity index (χ1n) is 5.07. The first kappa shape index (κ1) is 11.4. The second kappa shape index (κ2) is 3.23. The first-order chi connectivity index (χ1) is 7.27. The van der Waals surface area contributed by atoms with Gasteiger partial charge in [0.15, 0.2) is 5.69 Å². The van der Waals surface area contributed by atoms with Crippen molar-refractivity contribution in [1.29, 1.82) is 0 Å². The second-order valence-electron chi connectivity index (χ2n) is 4.39. The Bertz CT molecular complexity index is 405. The van der Waals surface area contributed by atoms with E-state index >= 15 is 0 Å². The molecule has 16 heavy (non-hydrogen) atoms. The molecule has 1 saturated carbocycles. The molecule has 1 aromatic heterocycles. The van der Waals surface area contributed by atoms with Crippen LogP contribution in [0.3, 0.4) is 0 Å². The summed E-state index contributed by atoms with van der Waals surface area (Å²) >= 11 is 0. The van der Waals surface area contributed by atoms with Crippen molar-refractivity contribution < 1.29 is 18.3 Å². The van der Waals surface area contributed by atoms with Gasteiger partial charge in [-0.2, -0.15) is 18.3 Å². The van der Waals surface area contributed by atoms with Gasteiger partial charge in [0, 0.05) is 24.2 Å². The van der Waals surface area contributed by atoms with Gasteiger partial charge in [0.25, 0.3) is 0 Å². The van der Waals surface area contributed by atoms with Gasteiger partial charge < -0.3 is 5.11 Å². The molecule has 3 nitrogen and oxygen atoms in total. The average Bonchev–Trinajstić information content (AvgIpc) is 2.83. The number of rotatable bonds is 2. The fourth-order valence-corrected chi connectivity index (χ4v) is 2.11. The lowest BCUT2D eigenvalue weighted by Gasteiger charge is -2.19. The van der Waals surface area contributed by atoms with Crippen molar-refractivity contribution in [3.63, 3.8) is 0 Å². The Hall–Kier alpha value is -1.04. The van der Waals surface area contributed by atoms with Gasteiger partial charge in [-0.3, -0.25) is 4.68 Å². The van der Waals surface area contributed by atoms with Gasteiger partial charge in [-0.1, -0.05) is 0 Å². The Kier molecular flexibility index (Phi) is 2.31. The molecule has 1 atom stereocenters. The van der Waals surface area contributed by atoms with Gasteiger partial charge in [-0.05, 0) is 19.8 Å². The van der Waals surface area contributed by atoms with Crippen molar-refractivity contribution in [3.8, 4) is 0 Å². The molecule has 0 spiro atoms. The van der Waals surface area contributed by atoms with Crippen LogP contribution in [0, 0.1) is 0 Å².